The fourth-order valence-corrected chi connectivity index (χ4v) is 4.00. The Kier molecular flexibility index (Phi) is 8.05. The Labute approximate surface area is 174 Å². The van der Waals surface area contributed by atoms with Crippen LogP contribution in [0.4, 0.5) is 0 Å². The molecule has 5 heteroatoms. The molecule has 29 heavy (non-hydrogen) atoms. The third kappa shape index (κ3) is 5.80. The number of likely N-dealkylation sites (tertiary alicyclic amines) is 1. The summed E-state index contributed by atoms with van der Waals surface area (Å²) in [6.45, 7) is 4.12. The molecule has 0 bridgehead atoms. The number of hydrogen-bond donors (Lipinski definition) is 0. The normalized spacial score (nSPS) is 15.1. The Bertz CT molecular complexity index is 742. The van der Waals surface area contributed by atoms with E-state index in [-0.39, 0.29) is 0 Å². The molecule has 1 heterocycles. The first kappa shape index (κ1) is 21.3. The maximum absolute atomic E-state index is 5.86. The van der Waals surface area contributed by atoms with E-state index in [0.717, 1.165) is 62.1 Å². The largest absolute Gasteiger partial charge is 0.494 e. The first-order valence-electron chi connectivity index (χ1n) is 10.4. The van der Waals surface area contributed by atoms with Crippen molar-refractivity contribution in [3.05, 3.63) is 48.0 Å². The number of ether oxygens (including phenoxy) is 4. The van der Waals surface area contributed by atoms with Crippen LogP contribution in [0.5, 0.6) is 23.0 Å². The highest BCUT2D eigenvalue weighted by atomic mass is 16.5. The molecule has 0 spiro atoms. The van der Waals surface area contributed by atoms with Crippen molar-refractivity contribution in [2.24, 2.45) is 5.92 Å². The minimum atomic E-state index is 0.671. The lowest BCUT2D eigenvalue weighted by atomic mass is 9.93. The summed E-state index contributed by atoms with van der Waals surface area (Å²) in [5, 5.41) is 0. The number of para-hydroxylation sites is 1. The van der Waals surface area contributed by atoms with Gasteiger partial charge in [-0.15, -0.1) is 0 Å². The van der Waals surface area contributed by atoms with E-state index in [1.165, 1.54) is 12.8 Å². The Hall–Kier alpha value is -2.40. The third-order valence-corrected chi connectivity index (χ3v) is 5.73. The van der Waals surface area contributed by atoms with Crippen LogP contribution in [0.2, 0.25) is 0 Å². The first-order chi connectivity index (χ1) is 14.2. The van der Waals surface area contributed by atoms with Crippen LogP contribution in [0, 0.1) is 5.92 Å². The minimum Gasteiger partial charge on any atom is -0.494 e. The standard InChI is InChI=1S/C24H33NO4/c1-26-22-10-9-20(23(27-2)24(22)28-3)13-17-25-15-11-19(12-16-25)14-18-29-21-7-5-4-6-8-21/h4-10,19H,11-18H2,1-3H3. The van der Waals surface area contributed by atoms with E-state index in [0.29, 0.717) is 11.5 Å². The maximum Gasteiger partial charge on any atom is 0.203 e. The van der Waals surface area contributed by atoms with Crippen molar-refractivity contribution < 1.29 is 18.9 Å². The van der Waals surface area contributed by atoms with Gasteiger partial charge >= 0.3 is 0 Å². The van der Waals surface area contributed by atoms with Crippen molar-refractivity contribution in [3.63, 3.8) is 0 Å². The Balaban J connectivity index is 1.43. The van der Waals surface area contributed by atoms with Crippen molar-refractivity contribution in [1.29, 1.82) is 0 Å². The summed E-state index contributed by atoms with van der Waals surface area (Å²) in [5.41, 5.74) is 1.16. The van der Waals surface area contributed by atoms with Crippen LogP contribution in [-0.2, 0) is 6.42 Å². The molecular formula is C24H33NO4. The van der Waals surface area contributed by atoms with Gasteiger partial charge < -0.3 is 23.8 Å². The van der Waals surface area contributed by atoms with Gasteiger partial charge in [-0.1, -0.05) is 24.3 Å². The van der Waals surface area contributed by atoms with Gasteiger partial charge in [-0.2, -0.15) is 0 Å². The van der Waals surface area contributed by atoms with Crippen molar-refractivity contribution >= 4 is 0 Å². The van der Waals surface area contributed by atoms with Gasteiger partial charge in [0.25, 0.3) is 0 Å². The predicted molar refractivity (Wildman–Crippen MR) is 116 cm³/mol. The van der Waals surface area contributed by atoms with E-state index in [2.05, 4.69) is 11.0 Å². The van der Waals surface area contributed by atoms with E-state index in [1.54, 1.807) is 21.3 Å². The molecule has 0 aromatic heterocycles. The summed E-state index contributed by atoms with van der Waals surface area (Å²) >= 11 is 0. The average Bonchev–Trinajstić information content (AvgIpc) is 2.78. The molecule has 158 valence electrons. The summed E-state index contributed by atoms with van der Waals surface area (Å²) in [4.78, 5) is 2.55. The molecule has 5 nitrogen and oxygen atoms in total. The van der Waals surface area contributed by atoms with Gasteiger partial charge in [0.1, 0.15) is 5.75 Å². The third-order valence-electron chi connectivity index (χ3n) is 5.73. The van der Waals surface area contributed by atoms with E-state index in [1.807, 2.05) is 36.4 Å². The van der Waals surface area contributed by atoms with Crippen molar-refractivity contribution in [2.45, 2.75) is 25.7 Å². The molecule has 0 saturated carbocycles. The molecule has 1 saturated heterocycles. The van der Waals surface area contributed by atoms with Crippen LogP contribution in [0.15, 0.2) is 42.5 Å². The smallest absolute Gasteiger partial charge is 0.203 e. The summed E-state index contributed by atoms with van der Waals surface area (Å²) in [5.74, 6) is 3.87. The maximum atomic E-state index is 5.86. The summed E-state index contributed by atoms with van der Waals surface area (Å²) < 4.78 is 22.3. The SMILES string of the molecule is COc1ccc(CCN2CCC(CCOc3ccccc3)CC2)c(OC)c1OC. The highest BCUT2D eigenvalue weighted by Crippen LogP contribution is 2.40. The van der Waals surface area contributed by atoms with Gasteiger partial charge in [0.2, 0.25) is 5.75 Å². The van der Waals surface area contributed by atoms with Gasteiger partial charge in [-0.05, 0) is 68.5 Å². The van der Waals surface area contributed by atoms with E-state index in [9.17, 15) is 0 Å². The second-order valence-electron chi connectivity index (χ2n) is 7.48. The van der Waals surface area contributed by atoms with Crippen molar-refractivity contribution in [3.8, 4) is 23.0 Å². The fourth-order valence-electron chi connectivity index (χ4n) is 4.00. The summed E-state index contributed by atoms with van der Waals surface area (Å²) in [7, 11) is 4.98. The molecule has 0 N–H and O–H groups in total. The van der Waals surface area contributed by atoms with Gasteiger partial charge in [0.05, 0.1) is 27.9 Å². The molecular weight excluding hydrogens is 366 g/mol. The van der Waals surface area contributed by atoms with E-state index < -0.39 is 0 Å². The number of rotatable bonds is 10. The van der Waals surface area contributed by atoms with Crippen LogP contribution in [0.25, 0.3) is 0 Å². The van der Waals surface area contributed by atoms with Crippen LogP contribution in [-0.4, -0.2) is 52.5 Å². The van der Waals surface area contributed by atoms with Crippen LogP contribution in [0.3, 0.4) is 0 Å². The molecule has 0 atom stereocenters. The number of benzene rings is 2. The molecule has 1 aliphatic rings. The molecule has 3 rings (SSSR count). The predicted octanol–water partition coefficient (Wildman–Crippen LogP) is 4.44. The average molecular weight is 400 g/mol. The van der Waals surface area contributed by atoms with Crippen molar-refractivity contribution in [2.75, 3.05) is 47.6 Å². The zero-order chi connectivity index (χ0) is 20.5. The Morgan fingerprint density at radius 2 is 1.59 bits per heavy atom. The first-order valence-corrected chi connectivity index (χ1v) is 10.4. The zero-order valence-corrected chi connectivity index (χ0v) is 17.9. The second-order valence-corrected chi connectivity index (χ2v) is 7.48. The molecule has 2 aromatic carbocycles. The number of nitrogens with zero attached hydrogens (tertiary/aromatic N) is 1. The van der Waals surface area contributed by atoms with Gasteiger partial charge in [-0.25, -0.2) is 0 Å². The number of methoxy groups -OCH3 is 3. The number of hydrogen-bond acceptors (Lipinski definition) is 5. The number of piperidine rings is 1. The van der Waals surface area contributed by atoms with Gasteiger partial charge in [0.15, 0.2) is 11.5 Å². The van der Waals surface area contributed by atoms with Crippen LogP contribution in [0.1, 0.15) is 24.8 Å². The Morgan fingerprint density at radius 3 is 2.24 bits per heavy atom. The molecule has 1 fully saturated rings. The molecule has 0 amide bonds. The molecule has 0 unspecified atom stereocenters. The van der Waals surface area contributed by atoms with Crippen LogP contribution >= 0.6 is 0 Å². The zero-order valence-electron chi connectivity index (χ0n) is 17.9. The quantitative estimate of drug-likeness (QED) is 0.591. The second kappa shape index (κ2) is 11.0. The van der Waals surface area contributed by atoms with Gasteiger partial charge in [-0.3, -0.25) is 0 Å². The molecule has 1 aliphatic heterocycles. The summed E-state index contributed by atoms with van der Waals surface area (Å²) in [6.07, 6.45) is 4.54. The molecule has 0 aliphatic carbocycles. The lowest BCUT2D eigenvalue weighted by Crippen LogP contribution is -2.35. The van der Waals surface area contributed by atoms with Crippen LogP contribution < -0.4 is 18.9 Å². The van der Waals surface area contributed by atoms with Gasteiger partial charge in [0, 0.05) is 6.54 Å². The molecule has 0 radical (unpaired) electrons. The minimum absolute atomic E-state index is 0.671. The fraction of sp³-hybridized carbons (Fsp3) is 0.500. The monoisotopic (exact) mass is 399 g/mol. The molecule has 2 aromatic rings. The van der Waals surface area contributed by atoms with E-state index in [4.69, 9.17) is 18.9 Å². The lowest BCUT2D eigenvalue weighted by Gasteiger charge is -2.32. The van der Waals surface area contributed by atoms with E-state index >= 15 is 0 Å². The Morgan fingerprint density at radius 1 is 0.862 bits per heavy atom. The summed E-state index contributed by atoms with van der Waals surface area (Å²) in [6, 6.07) is 14.1. The topological polar surface area (TPSA) is 40.2 Å². The lowest BCUT2D eigenvalue weighted by molar-refractivity contribution is 0.164. The highest BCUT2D eigenvalue weighted by Gasteiger charge is 2.21. The van der Waals surface area contributed by atoms with Crippen molar-refractivity contribution in [1.82, 2.24) is 4.90 Å². The highest BCUT2D eigenvalue weighted by molar-refractivity contribution is 5.55.